The number of amides is 1. The van der Waals surface area contributed by atoms with Gasteiger partial charge in [0.25, 0.3) is 5.91 Å². The molecule has 7 heteroatoms. The Hall–Kier alpha value is -3.35. The van der Waals surface area contributed by atoms with E-state index in [0.717, 1.165) is 5.56 Å². The second-order valence-corrected chi connectivity index (χ2v) is 7.65. The number of nitrogens with one attached hydrogen (secondary N) is 1. The minimum atomic E-state index is -0.434. The van der Waals surface area contributed by atoms with Crippen LogP contribution < -0.4 is 5.32 Å². The molecule has 1 amide bonds. The number of furan rings is 1. The Morgan fingerprint density at radius 2 is 1.86 bits per heavy atom. The lowest BCUT2D eigenvalue weighted by Gasteiger charge is -2.19. The molecule has 0 aliphatic rings. The summed E-state index contributed by atoms with van der Waals surface area (Å²) in [6.45, 7) is 6.53. The molecule has 0 bridgehead atoms. The summed E-state index contributed by atoms with van der Waals surface area (Å²) in [7, 11) is 0. The summed E-state index contributed by atoms with van der Waals surface area (Å²) >= 11 is 0. The van der Waals surface area contributed by atoms with Crippen LogP contribution in [0.1, 0.15) is 48.8 Å². The van der Waals surface area contributed by atoms with E-state index in [9.17, 15) is 9.59 Å². The lowest BCUT2D eigenvalue weighted by atomic mass is 9.87. The first kappa shape index (κ1) is 20.4. The number of carbonyl (C=O) groups is 2. The molecule has 0 atom stereocenters. The van der Waals surface area contributed by atoms with Crippen molar-refractivity contribution in [2.45, 2.75) is 39.2 Å². The van der Waals surface area contributed by atoms with Gasteiger partial charge in [-0.1, -0.05) is 38.1 Å². The van der Waals surface area contributed by atoms with Gasteiger partial charge in [-0.05, 0) is 35.2 Å². The normalized spacial score (nSPS) is 11.3. The molecular weight excluding hydrogens is 372 g/mol. The summed E-state index contributed by atoms with van der Waals surface area (Å²) in [6, 6.07) is 12.6. The third-order valence-corrected chi connectivity index (χ3v) is 4.33. The first-order valence-corrected chi connectivity index (χ1v) is 9.37. The maximum absolute atomic E-state index is 12.2. The third-order valence-electron chi connectivity index (χ3n) is 4.33. The zero-order valence-corrected chi connectivity index (χ0v) is 16.7. The van der Waals surface area contributed by atoms with Crippen LogP contribution in [0.15, 0.2) is 57.7 Å². The van der Waals surface area contributed by atoms with Gasteiger partial charge in [-0.2, -0.15) is 0 Å². The average Bonchev–Trinajstić information content (AvgIpc) is 3.37. The van der Waals surface area contributed by atoms with Crippen LogP contribution in [0.3, 0.4) is 0 Å². The van der Waals surface area contributed by atoms with Gasteiger partial charge >= 0.3 is 5.97 Å². The Labute approximate surface area is 169 Å². The maximum Gasteiger partial charge on any atom is 0.307 e. The molecule has 0 saturated heterocycles. The van der Waals surface area contributed by atoms with Gasteiger partial charge in [-0.15, -0.1) is 0 Å². The van der Waals surface area contributed by atoms with Crippen LogP contribution in [0.2, 0.25) is 0 Å². The van der Waals surface area contributed by atoms with E-state index in [1.807, 2.05) is 12.1 Å². The van der Waals surface area contributed by atoms with Gasteiger partial charge in [0.2, 0.25) is 5.76 Å². The lowest BCUT2D eigenvalue weighted by Crippen LogP contribution is -2.26. The van der Waals surface area contributed by atoms with Gasteiger partial charge in [-0.25, -0.2) is 0 Å². The highest BCUT2D eigenvalue weighted by Gasteiger charge is 2.15. The second kappa shape index (κ2) is 8.77. The first-order chi connectivity index (χ1) is 13.8. The van der Waals surface area contributed by atoms with E-state index < -0.39 is 5.97 Å². The van der Waals surface area contributed by atoms with Crippen LogP contribution in [-0.4, -0.2) is 23.6 Å². The van der Waals surface area contributed by atoms with Gasteiger partial charge in [0.15, 0.2) is 5.76 Å². The summed E-state index contributed by atoms with van der Waals surface area (Å²) in [5, 5.41) is 6.56. The summed E-state index contributed by atoms with van der Waals surface area (Å²) in [4.78, 5) is 24.1. The van der Waals surface area contributed by atoms with Crippen molar-refractivity contribution in [2.75, 3.05) is 6.54 Å². The number of nitrogens with zero attached hydrogens (tertiary/aromatic N) is 1. The summed E-state index contributed by atoms with van der Waals surface area (Å²) in [6.07, 6.45) is 1.60. The lowest BCUT2D eigenvalue weighted by molar-refractivity contribution is -0.144. The second-order valence-electron chi connectivity index (χ2n) is 7.65. The molecule has 0 radical (unpaired) electrons. The minimum Gasteiger partial charge on any atom is -0.461 e. The summed E-state index contributed by atoms with van der Waals surface area (Å²) in [5.41, 5.74) is 2.22. The molecule has 0 unspecified atom stereocenters. The van der Waals surface area contributed by atoms with Crippen molar-refractivity contribution in [1.82, 2.24) is 10.5 Å². The van der Waals surface area contributed by atoms with E-state index in [1.54, 1.807) is 30.3 Å². The van der Waals surface area contributed by atoms with E-state index in [0.29, 0.717) is 22.8 Å². The molecule has 0 fully saturated rings. The molecule has 0 spiro atoms. The van der Waals surface area contributed by atoms with Crippen molar-refractivity contribution in [3.05, 3.63) is 65.5 Å². The Morgan fingerprint density at radius 3 is 2.52 bits per heavy atom. The largest absolute Gasteiger partial charge is 0.461 e. The molecular formula is C22H24N2O5. The van der Waals surface area contributed by atoms with Crippen LogP contribution in [0.5, 0.6) is 0 Å². The van der Waals surface area contributed by atoms with Gasteiger partial charge < -0.3 is 19.0 Å². The van der Waals surface area contributed by atoms with E-state index in [4.69, 9.17) is 13.7 Å². The zero-order chi connectivity index (χ0) is 20.9. The first-order valence-electron chi connectivity index (χ1n) is 9.37. The van der Waals surface area contributed by atoms with Crippen molar-refractivity contribution in [3.63, 3.8) is 0 Å². The average molecular weight is 396 g/mol. The van der Waals surface area contributed by atoms with Gasteiger partial charge in [0, 0.05) is 18.2 Å². The molecule has 2 aromatic heterocycles. The van der Waals surface area contributed by atoms with Crippen LogP contribution in [0, 0.1) is 0 Å². The van der Waals surface area contributed by atoms with Gasteiger partial charge in [0.1, 0.15) is 12.3 Å². The summed E-state index contributed by atoms with van der Waals surface area (Å²) in [5.74, 6) is 0.355. The fourth-order valence-corrected chi connectivity index (χ4v) is 2.64. The minimum absolute atomic E-state index is 0.00868. The highest BCUT2D eigenvalue weighted by atomic mass is 16.5. The highest BCUT2D eigenvalue weighted by molar-refractivity contribution is 5.94. The molecule has 1 aromatic carbocycles. The number of benzene rings is 1. The van der Waals surface area contributed by atoms with Gasteiger partial charge in [0.05, 0.1) is 12.7 Å². The quantitative estimate of drug-likeness (QED) is 0.604. The maximum atomic E-state index is 12.2. The van der Waals surface area contributed by atoms with E-state index in [2.05, 4.69) is 31.2 Å². The topological polar surface area (TPSA) is 94.6 Å². The molecule has 7 nitrogen and oxygen atoms in total. The molecule has 29 heavy (non-hydrogen) atoms. The van der Waals surface area contributed by atoms with Crippen LogP contribution in [0.4, 0.5) is 0 Å². The van der Waals surface area contributed by atoms with Crippen molar-refractivity contribution in [2.24, 2.45) is 0 Å². The third kappa shape index (κ3) is 5.57. The van der Waals surface area contributed by atoms with Crippen LogP contribution in [0.25, 0.3) is 11.5 Å². The monoisotopic (exact) mass is 396 g/mol. The number of hydrogen-bond donors (Lipinski definition) is 1. The van der Waals surface area contributed by atoms with Crippen molar-refractivity contribution >= 4 is 11.9 Å². The smallest absolute Gasteiger partial charge is 0.307 e. The Kier molecular flexibility index (Phi) is 6.16. The summed E-state index contributed by atoms with van der Waals surface area (Å²) < 4.78 is 15.5. The standard InChI is InChI=1S/C22H24N2O5/c1-22(2,3)16-8-6-15(7-9-16)21(26)23-11-10-20(25)28-14-17-13-19(29-24-17)18-5-4-12-27-18/h4-9,12-13H,10-11,14H2,1-3H3,(H,23,26). The molecule has 0 saturated carbocycles. The fourth-order valence-electron chi connectivity index (χ4n) is 2.64. The fraction of sp³-hybridized carbons (Fsp3) is 0.318. The van der Waals surface area contributed by atoms with E-state index in [1.165, 1.54) is 6.26 Å². The van der Waals surface area contributed by atoms with Crippen LogP contribution >= 0.6 is 0 Å². The Balaban J connectivity index is 1.40. The molecule has 1 N–H and O–H groups in total. The number of hydrogen-bond acceptors (Lipinski definition) is 6. The molecule has 3 rings (SSSR count). The number of esters is 1. The zero-order valence-electron chi connectivity index (χ0n) is 16.7. The number of rotatable bonds is 7. The van der Waals surface area contributed by atoms with Crippen LogP contribution in [-0.2, 0) is 21.6 Å². The van der Waals surface area contributed by atoms with E-state index in [-0.39, 0.29) is 30.9 Å². The predicted octanol–water partition coefficient (Wildman–Crippen LogP) is 4.10. The van der Waals surface area contributed by atoms with E-state index >= 15 is 0 Å². The molecule has 152 valence electrons. The Bertz CT molecular complexity index is 950. The predicted molar refractivity (Wildman–Crippen MR) is 106 cm³/mol. The molecule has 0 aliphatic heterocycles. The highest BCUT2D eigenvalue weighted by Crippen LogP contribution is 2.22. The molecule has 2 heterocycles. The number of carbonyl (C=O) groups excluding carboxylic acids is 2. The van der Waals surface area contributed by atoms with Crippen molar-refractivity contribution in [1.29, 1.82) is 0 Å². The number of ether oxygens (including phenoxy) is 1. The molecule has 3 aromatic rings. The van der Waals surface area contributed by atoms with Crippen molar-refractivity contribution in [3.8, 4) is 11.5 Å². The molecule has 0 aliphatic carbocycles. The number of aromatic nitrogens is 1. The van der Waals surface area contributed by atoms with Gasteiger partial charge in [-0.3, -0.25) is 9.59 Å². The Morgan fingerprint density at radius 1 is 1.10 bits per heavy atom. The van der Waals surface area contributed by atoms with Crippen molar-refractivity contribution < 1.29 is 23.3 Å². The SMILES string of the molecule is CC(C)(C)c1ccc(C(=O)NCCC(=O)OCc2cc(-c3ccco3)on2)cc1.